The summed E-state index contributed by atoms with van der Waals surface area (Å²) < 4.78 is 17.7. The predicted molar refractivity (Wildman–Crippen MR) is 72.1 cm³/mol. The summed E-state index contributed by atoms with van der Waals surface area (Å²) in [7, 11) is 1.42. The van der Waals surface area contributed by atoms with Crippen molar-refractivity contribution in [3.8, 4) is 0 Å². The number of thioether (sulfide) groups is 1. The van der Waals surface area contributed by atoms with Crippen molar-refractivity contribution in [2.24, 2.45) is 5.92 Å². The standard InChI is InChI=1S/C13H25FO2S/c1-5-11(14)8-6-7-9-17-12(10(2)3)13(15)16-4/h10-12H,5-9H2,1-4H3. The van der Waals surface area contributed by atoms with Gasteiger partial charge in [0.15, 0.2) is 0 Å². The third kappa shape index (κ3) is 7.63. The zero-order valence-corrected chi connectivity index (χ0v) is 12.2. The Labute approximate surface area is 109 Å². The number of ether oxygens (including phenoxy) is 1. The molecule has 0 radical (unpaired) electrons. The maximum atomic E-state index is 12.9. The molecule has 0 bridgehead atoms. The van der Waals surface area contributed by atoms with Crippen LogP contribution in [0.3, 0.4) is 0 Å². The second-order valence-electron chi connectivity index (χ2n) is 4.56. The van der Waals surface area contributed by atoms with E-state index in [0.717, 1.165) is 18.6 Å². The van der Waals surface area contributed by atoms with Crippen LogP contribution >= 0.6 is 11.8 Å². The Hall–Kier alpha value is -0.250. The van der Waals surface area contributed by atoms with Gasteiger partial charge in [-0.1, -0.05) is 20.8 Å². The van der Waals surface area contributed by atoms with Crippen LogP contribution in [0.4, 0.5) is 4.39 Å². The molecule has 0 heterocycles. The van der Waals surface area contributed by atoms with E-state index in [4.69, 9.17) is 4.74 Å². The summed E-state index contributed by atoms with van der Waals surface area (Å²) in [6, 6.07) is 0. The molecule has 0 aromatic rings. The summed E-state index contributed by atoms with van der Waals surface area (Å²) in [6.45, 7) is 5.90. The van der Waals surface area contributed by atoms with E-state index in [9.17, 15) is 9.18 Å². The Bertz CT molecular complexity index is 210. The van der Waals surface area contributed by atoms with Gasteiger partial charge in [-0.15, -0.1) is 11.8 Å². The summed E-state index contributed by atoms with van der Waals surface area (Å²) >= 11 is 1.62. The summed E-state index contributed by atoms with van der Waals surface area (Å²) in [5, 5.41) is -0.0904. The fourth-order valence-corrected chi connectivity index (χ4v) is 2.77. The lowest BCUT2D eigenvalue weighted by Crippen LogP contribution is -2.24. The van der Waals surface area contributed by atoms with Crippen molar-refractivity contribution >= 4 is 17.7 Å². The maximum absolute atomic E-state index is 12.9. The summed E-state index contributed by atoms with van der Waals surface area (Å²) in [5.74, 6) is 1.02. The van der Waals surface area contributed by atoms with Crippen LogP contribution in [0, 0.1) is 5.92 Å². The van der Waals surface area contributed by atoms with Gasteiger partial charge in [0.05, 0.1) is 13.3 Å². The number of hydrogen-bond acceptors (Lipinski definition) is 3. The molecule has 0 aliphatic carbocycles. The predicted octanol–water partition coefficient (Wildman–Crippen LogP) is 3.84. The number of carbonyl (C=O) groups excluding carboxylic acids is 1. The van der Waals surface area contributed by atoms with Crippen LogP contribution in [0.25, 0.3) is 0 Å². The van der Waals surface area contributed by atoms with Gasteiger partial charge >= 0.3 is 5.97 Å². The number of hydrogen-bond donors (Lipinski definition) is 0. The molecule has 0 saturated heterocycles. The van der Waals surface area contributed by atoms with Gasteiger partial charge in [-0.2, -0.15) is 0 Å². The van der Waals surface area contributed by atoms with E-state index >= 15 is 0 Å². The van der Waals surface area contributed by atoms with Crippen molar-refractivity contribution in [3.05, 3.63) is 0 Å². The smallest absolute Gasteiger partial charge is 0.319 e. The minimum atomic E-state index is -0.665. The molecule has 0 rings (SSSR count). The van der Waals surface area contributed by atoms with E-state index in [2.05, 4.69) is 0 Å². The second kappa shape index (κ2) is 9.75. The lowest BCUT2D eigenvalue weighted by Gasteiger charge is -2.17. The molecule has 4 heteroatoms. The third-order valence-corrected chi connectivity index (χ3v) is 4.31. The van der Waals surface area contributed by atoms with Crippen LogP contribution in [0.15, 0.2) is 0 Å². The molecule has 2 nitrogen and oxygen atoms in total. The fraction of sp³-hybridized carbons (Fsp3) is 0.923. The Morgan fingerprint density at radius 3 is 2.47 bits per heavy atom. The van der Waals surface area contributed by atoms with Crippen molar-refractivity contribution in [1.82, 2.24) is 0 Å². The maximum Gasteiger partial charge on any atom is 0.319 e. The number of esters is 1. The first-order chi connectivity index (χ1) is 8.02. The highest BCUT2D eigenvalue weighted by Crippen LogP contribution is 2.22. The minimum Gasteiger partial charge on any atom is -0.468 e. The average molecular weight is 264 g/mol. The lowest BCUT2D eigenvalue weighted by molar-refractivity contribution is -0.140. The molecule has 0 aliphatic rings. The number of halogens is 1. The molecule has 0 spiro atoms. The van der Waals surface area contributed by atoms with Gasteiger partial charge in [0.25, 0.3) is 0 Å². The lowest BCUT2D eigenvalue weighted by atomic mass is 10.1. The number of alkyl halides is 1. The van der Waals surface area contributed by atoms with Crippen molar-refractivity contribution in [1.29, 1.82) is 0 Å². The monoisotopic (exact) mass is 264 g/mol. The van der Waals surface area contributed by atoms with Gasteiger partial charge in [0, 0.05) is 0 Å². The highest BCUT2D eigenvalue weighted by atomic mass is 32.2. The zero-order valence-electron chi connectivity index (χ0n) is 11.4. The highest BCUT2D eigenvalue weighted by Gasteiger charge is 2.22. The molecular weight excluding hydrogens is 239 g/mol. The molecule has 2 atom stereocenters. The van der Waals surface area contributed by atoms with Crippen molar-refractivity contribution in [2.45, 2.75) is 57.9 Å². The molecule has 102 valence electrons. The molecular formula is C13H25FO2S. The van der Waals surface area contributed by atoms with Crippen LogP contribution in [-0.2, 0) is 9.53 Å². The largest absolute Gasteiger partial charge is 0.468 e. The number of rotatable bonds is 9. The molecule has 0 amide bonds. The van der Waals surface area contributed by atoms with Crippen LogP contribution in [-0.4, -0.2) is 30.3 Å². The Balaban J connectivity index is 3.73. The third-order valence-electron chi connectivity index (χ3n) is 2.69. The highest BCUT2D eigenvalue weighted by molar-refractivity contribution is 8.00. The summed E-state index contributed by atoms with van der Waals surface area (Å²) in [6.07, 6.45) is 2.44. The van der Waals surface area contributed by atoms with Gasteiger partial charge in [-0.05, 0) is 37.4 Å². The first-order valence-electron chi connectivity index (χ1n) is 6.36. The quantitative estimate of drug-likeness (QED) is 0.467. The van der Waals surface area contributed by atoms with Gasteiger partial charge in [0.2, 0.25) is 0 Å². The Kier molecular flexibility index (Phi) is 9.60. The van der Waals surface area contributed by atoms with Crippen LogP contribution in [0.2, 0.25) is 0 Å². The summed E-state index contributed by atoms with van der Waals surface area (Å²) in [4.78, 5) is 11.5. The van der Waals surface area contributed by atoms with E-state index in [-0.39, 0.29) is 17.1 Å². The van der Waals surface area contributed by atoms with E-state index in [1.54, 1.807) is 11.8 Å². The molecule has 0 aliphatic heterocycles. The number of carbonyl (C=O) groups is 1. The van der Waals surface area contributed by atoms with E-state index < -0.39 is 6.17 Å². The van der Waals surface area contributed by atoms with Gasteiger partial charge < -0.3 is 4.74 Å². The SMILES string of the molecule is CCC(F)CCCCSC(C(=O)OC)C(C)C. The number of methoxy groups -OCH3 is 1. The summed E-state index contributed by atoms with van der Waals surface area (Å²) in [5.41, 5.74) is 0. The molecule has 0 aromatic carbocycles. The second-order valence-corrected chi connectivity index (χ2v) is 5.81. The zero-order chi connectivity index (χ0) is 13.3. The fourth-order valence-electron chi connectivity index (χ4n) is 1.53. The average Bonchev–Trinajstić information content (AvgIpc) is 2.31. The number of unbranched alkanes of at least 4 members (excludes halogenated alkanes) is 1. The first-order valence-corrected chi connectivity index (χ1v) is 7.41. The topological polar surface area (TPSA) is 26.3 Å². The molecule has 0 aromatic heterocycles. The molecule has 0 fully saturated rings. The first kappa shape index (κ1) is 16.8. The van der Waals surface area contributed by atoms with E-state index in [1.807, 2.05) is 20.8 Å². The Morgan fingerprint density at radius 1 is 1.35 bits per heavy atom. The van der Waals surface area contributed by atoms with Crippen LogP contribution in [0.1, 0.15) is 46.5 Å². The normalized spacial score (nSPS) is 14.7. The molecule has 17 heavy (non-hydrogen) atoms. The van der Waals surface area contributed by atoms with E-state index in [1.165, 1.54) is 7.11 Å². The van der Waals surface area contributed by atoms with Crippen molar-refractivity contribution < 1.29 is 13.9 Å². The molecule has 0 saturated carbocycles. The van der Waals surface area contributed by atoms with Crippen molar-refractivity contribution in [3.63, 3.8) is 0 Å². The van der Waals surface area contributed by atoms with Crippen LogP contribution in [0.5, 0.6) is 0 Å². The van der Waals surface area contributed by atoms with E-state index in [0.29, 0.717) is 12.8 Å². The Morgan fingerprint density at radius 2 is 2.00 bits per heavy atom. The van der Waals surface area contributed by atoms with Gasteiger partial charge in [0.1, 0.15) is 5.25 Å². The van der Waals surface area contributed by atoms with Gasteiger partial charge in [-0.3, -0.25) is 4.79 Å². The minimum absolute atomic E-state index is 0.0904. The molecule has 0 N–H and O–H groups in total. The van der Waals surface area contributed by atoms with Gasteiger partial charge in [-0.25, -0.2) is 4.39 Å². The van der Waals surface area contributed by atoms with Crippen LogP contribution < -0.4 is 0 Å². The van der Waals surface area contributed by atoms with Crippen molar-refractivity contribution in [2.75, 3.05) is 12.9 Å². The molecule has 2 unspecified atom stereocenters.